The topological polar surface area (TPSA) is 63.7 Å². The van der Waals surface area contributed by atoms with Gasteiger partial charge in [0.1, 0.15) is 12.5 Å². The molecule has 0 bridgehead atoms. The molecule has 0 spiro atoms. The SMILES string of the molecule is O=C(OCc1ccccc1)[C@H]1C(=O)C(=O)N(c2ccccc2)[C@H]1c1ccccc1. The molecular formula is C24H19NO4. The number of benzene rings is 3. The van der Waals surface area contributed by atoms with Crippen molar-refractivity contribution in [3.8, 4) is 0 Å². The molecule has 5 heteroatoms. The van der Waals surface area contributed by atoms with E-state index in [9.17, 15) is 14.4 Å². The summed E-state index contributed by atoms with van der Waals surface area (Å²) in [5.74, 6) is -3.36. The van der Waals surface area contributed by atoms with Crippen molar-refractivity contribution in [1.29, 1.82) is 0 Å². The van der Waals surface area contributed by atoms with Gasteiger partial charge in [-0.05, 0) is 23.3 Å². The van der Waals surface area contributed by atoms with Gasteiger partial charge in [-0.2, -0.15) is 0 Å². The Kier molecular flexibility index (Phi) is 5.20. The number of anilines is 1. The summed E-state index contributed by atoms with van der Waals surface area (Å²) >= 11 is 0. The standard InChI is InChI=1S/C24H19NO4/c26-22-20(24(28)29-16-17-10-4-1-5-11-17)21(18-12-6-2-7-13-18)25(23(22)27)19-14-8-3-9-15-19/h1-15,20-21H,16H2/t20-,21+/m1/s1. The van der Waals surface area contributed by atoms with Gasteiger partial charge in [0, 0.05) is 5.69 Å². The lowest BCUT2D eigenvalue weighted by Crippen LogP contribution is -2.31. The van der Waals surface area contributed by atoms with Crippen molar-refractivity contribution in [3.05, 3.63) is 102 Å². The predicted octanol–water partition coefficient (Wildman–Crippen LogP) is 3.70. The Morgan fingerprint density at radius 3 is 1.97 bits per heavy atom. The van der Waals surface area contributed by atoms with Crippen molar-refractivity contribution in [2.45, 2.75) is 12.6 Å². The van der Waals surface area contributed by atoms with Gasteiger partial charge in [-0.1, -0.05) is 78.9 Å². The second-order valence-corrected chi connectivity index (χ2v) is 6.80. The number of para-hydroxylation sites is 1. The Morgan fingerprint density at radius 1 is 0.793 bits per heavy atom. The van der Waals surface area contributed by atoms with Crippen LogP contribution in [0.3, 0.4) is 0 Å². The number of ketones is 1. The molecule has 0 aromatic heterocycles. The highest BCUT2D eigenvalue weighted by Crippen LogP contribution is 2.40. The fourth-order valence-electron chi connectivity index (χ4n) is 3.58. The Hall–Kier alpha value is -3.73. The lowest BCUT2D eigenvalue weighted by molar-refractivity contribution is -0.154. The Balaban J connectivity index is 1.68. The molecule has 5 nitrogen and oxygen atoms in total. The van der Waals surface area contributed by atoms with E-state index in [0.29, 0.717) is 11.3 Å². The number of ether oxygens (including phenoxy) is 1. The zero-order chi connectivity index (χ0) is 20.2. The Labute approximate surface area is 168 Å². The first-order valence-corrected chi connectivity index (χ1v) is 9.35. The van der Waals surface area contributed by atoms with Crippen LogP contribution in [0.15, 0.2) is 91.0 Å². The van der Waals surface area contributed by atoms with E-state index in [2.05, 4.69) is 0 Å². The normalized spacial score (nSPS) is 18.7. The first kappa shape index (κ1) is 18.6. The van der Waals surface area contributed by atoms with E-state index in [0.717, 1.165) is 5.56 Å². The van der Waals surface area contributed by atoms with Gasteiger partial charge in [0.15, 0.2) is 0 Å². The second kappa shape index (κ2) is 8.10. The van der Waals surface area contributed by atoms with Gasteiger partial charge in [-0.3, -0.25) is 19.3 Å². The minimum Gasteiger partial charge on any atom is -0.460 e. The molecule has 144 valence electrons. The van der Waals surface area contributed by atoms with Crippen LogP contribution in [-0.4, -0.2) is 17.7 Å². The van der Waals surface area contributed by atoms with Gasteiger partial charge < -0.3 is 4.74 Å². The number of hydrogen-bond acceptors (Lipinski definition) is 4. The molecule has 0 saturated carbocycles. The highest BCUT2D eigenvalue weighted by molar-refractivity contribution is 6.47. The molecule has 0 N–H and O–H groups in total. The molecule has 4 rings (SSSR count). The van der Waals surface area contributed by atoms with Gasteiger partial charge in [-0.25, -0.2) is 0 Å². The summed E-state index contributed by atoms with van der Waals surface area (Å²) in [4.78, 5) is 40.0. The molecule has 0 unspecified atom stereocenters. The summed E-state index contributed by atoms with van der Waals surface area (Å²) in [5, 5.41) is 0. The minimum atomic E-state index is -1.21. The van der Waals surface area contributed by atoms with E-state index in [1.54, 1.807) is 24.3 Å². The largest absolute Gasteiger partial charge is 0.460 e. The maximum Gasteiger partial charge on any atom is 0.319 e. The van der Waals surface area contributed by atoms with Crippen LogP contribution in [0.4, 0.5) is 5.69 Å². The van der Waals surface area contributed by atoms with Gasteiger partial charge in [0.2, 0.25) is 5.78 Å². The first-order valence-electron chi connectivity index (χ1n) is 9.35. The highest BCUT2D eigenvalue weighted by Gasteiger charge is 2.53. The molecule has 1 aliphatic rings. The lowest BCUT2D eigenvalue weighted by atomic mass is 9.92. The third-order valence-electron chi connectivity index (χ3n) is 4.96. The molecular weight excluding hydrogens is 366 g/mol. The van der Waals surface area contributed by atoms with Crippen LogP contribution in [0.25, 0.3) is 0 Å². The number of carbonyl (C=O) groups is 3. The third kappa shape index (κ3) is 3.67. The molecule has 1 fully saturated rings. The molecule has 0 radical (unpaired) electrons. The summed E-state index contributed by atoms with van der Waals surface area (Å²) in [7, 11) is 0. The molecule has 1 amide bonds. The average Bonchev–Trinajstić information content (AvgIpc) is 3.05. The number of rotatable bonds is 5. The first-order chi connectivity index (χ1) is 14.2. The van der Waals surface area contributed by atoms with Crippen molar-refractivity contribution in [2.24, 2.45) is 5.92 Å². The number of hydrogen-bond donors (Lipinski definition) is 0. The lowest BCUT2D eigenvalue weighted by Gasteiger charge is -2.27. The van der Waals surface area contributed by atoms with Gasteiger partial charge in [0.05, 0.1) is 6.04 Å². The van der Waals surface area contributed by atoms with Crippen LogP contribution < -0.4 is 4.90 Å². The summed E-state index contributed by atoms with van der Waals surface area (Å²) in [6, 6.07) is 26.5. The Bertz CT molecular complexity index is 1020. The fraction of sp³-hybridized carbons (Fsp3) is 0.125. The quantitative estimate of drug-likeness (QED) is 0.382. The van der Waals surface area contributed by atoms with E-state index in [1.807, 2.05) is 66.7 Å². The number of nitrogens with zero attached hydrogens (tertiary/aromatic N) is 1. The zero-order valence-corrected chi connectivity index (χ0v) is 15.6. The number of esters is 1. The average molecular weight is 385 g/mol. The maximum atomic E-state index is 12.9. The van der Waals surface area contributed by atoms with Gasteiger partial charge in [-0.15, -0.1) is 0 Å². The van der Waals surface area contributed by atoms with E-state index in [4.69, 9.17) is 4.74 Å². The van der Waals surface area contributed by atoms with Crippen molar-refractivity contribution >= 4 is 23.3 Å². The van der Waals surface area contributed by atoms with Crippen LogP contribution in [0.5, 0.6) is 0 Å². The summed E-state index contributed by atoms with van der Waals surface area (Å²) in [6.07, 6.45) is 0. The molecule has 0 aliphatic carbocycles. The number of carbonyl (C=O) groups excluding carboxylic acids is 3. The van der Waals surface area contributed by atoms with E-state index in [1.165, 1.54) is 4.90 Å². The zero-order valence-electron chi connectivity index (χ0n) is 15.6. The van der Waals surface area contributed by atoms with Gasteiger partial charge >= 0.3 is 5.97 Å². The van der Waals surface area contributed by atoms with Crippen LogP contribution in [-0.2, 0) is 25.7 Å². The van der Waals surface area contributed by atoms with Crippen LogP contribution >= 0.6 is 0 Å². The van der Waals surface area contributed by atoms with E-state index in [-0.39, 0.29) is 6.61 Å². The minimum absolute atomic E-state index is 0.0461. The Morgan fingerprint density at radius 2 is 1.34 bits per heavy atom. The van der Waals surface area contributed by atoms with Gasteiger partial charge in [0.25, 0.3) is 5.91 Å². The van der Waals surface area contributed by atoms with Crippen LogP contribution in [0, 0.1) is 5.92 Å². The van der Waals surface area contributed by atoms with Crippen molar-refractivity contribution in [1.82, 2.24) is 0 Å². The van der Waals surface area contributed by atoms with Crippen molar-refractivity contribution < 1.29 is 19.1 Å². The monoisotopic (exact) mass is 385 g/mol. The molecule has 29 heavy (non-hydrogen) atoms. The molecule has 2 atom stereocenters. The van der Waals surface area contributed by atoms with Crippen LogP contribution in [0.2, 0.25) is 0 Å². The van der Waals surface area contributed by atoms with E-state index >= 15 is 0 Å². The summed E-state index contributed by atoms with van der Waals surface area (Å²) < 4.78 is 5.43. The summed E-state index contributed by atoms with van der Waals surface area (Å²) in [5.41, 5.74) is 2.09. The van der Waals surface area contributed by atoms with Crippen LogP contribution in [0.1, 0.15) is 17.2 Å². The third-order valence-corrected chi connectivity index (χ3v) is 4.96. The van der Waals surface area contributed by atoms with E-state index < -0.39 is 29.6 Å². The second-order valence-electron chi connectivity index (χ2n) is 6.80. The smallest absolute Gasteiger partial charge is 0.319 e. The molecule has 1 saturated heterocycles. The molecule has 1 aliphatic heterocycles. The molecule has 3 aromatic carbocycles. The van der Waals surface area contributed by atoms with Crippen molar-refractivity contribution in [2.75, 3.05) is 4.90 Å². The maximum absolute atomic E-state index is 12.9. The summed E-state index contributed by atoms with van der Waals surface area (Å²) in [6.45, 7) is 0.0461. The number of amides is 1. The highest BCUT2D eigenvalue weighted by atomic mass is 16.5. The molecule has 1 heterocycles. The number of Topliss-reactive ketones (excluding diaryl/α,β-unsaturated/α-hetero) is 1. The molecule has 3 aromatic rings. The predicted molar refractivity (Wildman–Crippen MR) is 108 cm³/mol. The van der Waals surface area contributed by atoms with Crippen molar-refractivity contribution in [3.63, 3.8) is 0 Å². The fourth-order valence-corrected chi connectivity index (χ4v) is 3.58.